The highest BCUT2D eigenvalue weighted by Crippen LogP contribution is 2.64. The molecule has 0 spiro atoms. The fourth-order valence-corrected chi connectivity index (χ4v) is 5.17. The van der Waals surface area contributed by atoms with Crippen molar-refractivity contribution in [3.8, 4) is 0 Å². The van der Waals surface area contributed by atoms with E-state index in [-0.39, 0.29) is 28.9 Å². The average molecular weight is 330 g/mol. The predicted octanol–water partition coefficient (Wildman–Crippen LogP) is 6.73. The van der Waals surface area contributed by atoms with Crippen LogP contribution in [0.5, 0.6) is 0 Å². The molecule has 1 unspecified atom stereocenters. The van der Waals surface area contributed by atoms with Crippen LogP contribution in [0.25, 0.3) is 0 Å². The van der Waals surface area contributed by atoms with E-state index in [0.717, 1.165) is 25.7 Å². The summed E-state index contributed by atoms with van der Waals surface area (Å²) in [6.07, 6.45) is 4.27. The lowest BCUT2D eigenvalue weighted by atomic mass is 9.25. The van der Waals surface area contributed by atoms with E-state index in [1.54, 1.807) is 0 Å². The third-order valence-corrected chi connectivity index (χ3v) is 6.03. The maximum atomic E-state index is 11.8. The molecular formula is C22H39BO. The van der Waals surface area contributed by atoms with Crippen LogP contribution in [0.4, 0.5) is 0 Å². The van der Waals surface area contributed by atoms with Crippen molar-refractivity contribution in [3.05, 3.63) is 35.9 Å². The van der Waals surface area contributed by atoms with Crippen molar-refractivity contribution < 1.29 is 5.02 Å². The van der Waals surface area contributed by atoms with E-state index < -0.39 is 0 Å². The summed E-state index contributed by atoms with van der Waals surface area (Å²) in [4.78, 5) is 0. The van der Waals surface area contributed by atoms with Crippen LogP contribution in [0.15, 0.2) is 30.3 Å². The summed E-state index contributed by atoms with van der Waals surface area (Å²) in [5.41, 5.74) is 1.34. The molecule has 0 aliphatic heterocycles. The minimum Gasteiger partial charge on any atom is -0.449 e. The van der Waals surface area contributed by atoms with Gasteiger partial charge in [0.05, 0.1) is 0 Å². The molecule has 0 aliphatic carbocycles. The van der Waals surface area contributed by atoms with Crippen molar-refractivity contribution in [1.82, 2.24) is 0 Å². The summed E-state index contributed by atoms with van der Waals surface area (Å²) in [5, 5.41) is 11.7. The number of hydrogen-bond donors (Lipinski definition) is 1. The molecule has 0 radical (unpaired) electrons. The summed E-state index contributed by atoms with van der Waals surface area (Å²) in [5.74, 6) is 0.196. The van der Waals surface area contributed by atoms with Gasteiger partial charge in [-0.15, -0.1) is 0 Å². The van der Waals surface area contributed by atoms with Crippen LogP contribution in [0.2, 0.25) is 5.31 Å². The molecule has 0 bridgehead atoms. The minimum atomic E-state index is -0.347. The molecule has 136 valence electrons. The van der Waals surface area contributed by atoms with Crippen LogP contribution in [0.3, 0.4) is 0 Å². The quantitative estimate of drug-likeness (QED) is 0.550. The van der Waals surface area contributed by atoms with Crippen LogP contribution < -0.4 is 0 Å². The van der Waals surface area contributed by atoms with Gasteiger partial charge in [-0.25, -0.2) is 0 Å². The summed E-state index contributed by atoms with van der Waals surface area (Å²) >= 11 is 0. The Morgan fingerprint density at radius 3 is 1.75 bits per heavy atom. The molecule has 0 heterocycles. The minimum absolute atomic E-state index is 0.0292. The van der Waals surface area contributed by atoms with Gasteiger partial charge in [0.2, 0.25) is 0 Å². The fourth-order valence-electron chi connectivity index (χ4n) is 5.17. The zero-order valence-electron chi connectivity index (χ0n) is 17.3. The van der Waals surface area contributed by atoms with Gasteiger partial charge in [0.15, 0.2) is 0 Å². The lowest BCUT2D eigenvalue weighted by Crippen LogP contribution is -2.53. The van der Waals surface area contributed by atoms with Crippen molar-refractivity contribution in [2.24, 2.45) is 10.8 Å². The maximum absolute atomic E-state index is 11.8. The second-order valence-electron chi connectivity index (χ2n) is 9.47. The summed E-state index contributed by atoms with van der Waals surface area (Å²) in [7, 11) is 0. The average Bonchev–Trinajstić information content (AvgIpc) is 2.48. The topological polar surface area (TPSA) is 20.2 Å². The van der Waals surface area contributed by atoms with E-state index in [0.29, 0.717) is 0 Å². The molecule has 1 N–H and O–H groups in total. The van der Waals surface area contributed by atoms with Crippen LogP contribution in [-0.4, -0.2) is 11.9 Å². The first kappa shape index (κ1) is 21.3. The smallest absolute Gasteiger partial charge is 0.304 e. The molecule has 0 fully saturated rings. The van der Waals surface area contributed by atoms with Gasteiger partial charge in [-0.3, -0.25) is 0 Å². The van der Waals surface area contributed by atoms with Gasteiger partial charge < -0.3 is 5.02 Å². The van der Waals surface area contributed by atoms with Crippen LogP contribution in [-0.2, 0) is 0 Å². The largest absolute Gasteiger partial charge is 0.449 e. The Bertz CT molecular complexity index is 467. The van der Waals surface area contributed by atoms with E-state index in [9.17, 15) is 5.02 Å². The molecule has 0 aromatic heterocycles. The highest BCUT2D eigenvalue weighted by atomic mass is 16.2. The Kier molecular flexibility index (Phi) is 7.17. The van der Waals surface area contributed by atoms with Crippen molar-refractivity contribution in [1.29, 1.82) is 0 Å². The molecule has 24 heavy (non-hydrogen) atoms. The fraction of sp³-hybridized carbons (Fsp3) is 0.727. The highest BCUT2D eigenvalue weighted by Gasteiger charge is 2.58. The molecular weight excluding hydrogens is 291 g/mol. The second kappa shape index (κ2) is 8.08. The molecule has 1 aromatic rings. The third kappa shape index (κ3) is 4.07. The van der Waals surface area contributed by atoms with Gasteiger partial charge in [-0.05, 0) is 27.5 Å². The van der Waals surface area contributed by atoms with E-state index in [2.05, 4.69) is 85.7 Å². The molecule has 1 aromatic carbocycles. The van der Waals surface area contributed by atoms with Gasteiger partial charge in [0.1, 0.15) is 0 Å². The standard InChI is InChI=1S/C22H39BO/c1-9-14-19(18-15-12-11-13-16-18)23(24)22(17-10-2,20(3,4)5)21(6,7)8/h11-13,15-16,19,24H,9-10,14,17H2,1-8H3. The lowest BCUT2D eigenvalue weighted by Gasteiger charge is -2.57. The van der Waals surface area contributed by atoms with Crippen molar-refractivity contribution in [3.63, 3.8) is 0 Å². The number of benzene rings is 1. The van der Waals surface area contributed by atoms with E-state index >= 15 is 0 Å². The lowest BCUT2D eigenvalue weighted by molar-refractivity contribution is 0.0895. The van der Waals surface area contributed by atoms with Crippen LogP contribution >= 0.6 is 0 Å². The number of hydrogen-bond acceptors (Lipinski definition) is 1. The number of rotatable bonds is 7. The predicted molar refractivity (Wildman–Crippen MR) is 109 cm³/mol. The first-order valence-electron chi connectivity index (χ1n) is 9.76. The highest BCUT2D eigenvalue weighted by molar-refractivity contribution is 6.56. The monoisotopic (exact) mass is 330 g/mol. The summed E-state index contributed by atoms with van der Waals surface area (Å²) in [6, 6.07) is 10.6. The Hall–Kier alpha value is -0.755. The van der Waals surface area contributed by atoms with Crippen LogP contribution in [0, 0.1) is 10.8 Å². The van der Waals surface area contributed by atoms with Crippen molar-refractivity contribution in [2.45, 2.75) is 92.2 Å². The zero-order chi connectivity index (χ0) is 18.6. The Morgan fingerprint density at radius 2 is 1.38 bits per heavy atom. The normalized spacial score (nSPS) is 14.5. The first-order valence-corrected chi connectivity index (χ1v) is 9.76. The SMILES string of the molecule is CCCC(B(O)C(CCC)(C(C)(C)C)C(C)(C)C)c1ccccc1. The van der Waals surface area contributed by atoms with E-state index in [4.69, 9.17) is 0 Å². The second-order valence-corrected chi connectivity index (χ2v) is 9.47. The molecule has 1 nitrogen and oxygen atoms in total. The molecule has 0 saturated heterocycles. The zero-order valence-corrected chi connectivity index (χ0v) is 17.3. The van der Waals surface area contributed by atoms with Crippen LogP contribution in [0.1, 0.15) is 92.5 Å². The van der Waals surface area contributed by atoms with Gasteiger partial charge in [0, 0.05) is 0 Å². The van der Waals surface area contributed by atoms with E-state index in [1.807, 2.05) is 0 Å². The summed E-state index contributed by atoms with van der Waals surface area (Å²) < 4.78 is 0. The van der Waals surface area contributed by atoms with Gasteiger partial charge in [-0.2, -0.15) is 0 Å². The Morgan fingerprint density at radius 1 is 0.875 bits per heavy atom. The molecule has 0 aliphatic rings. The first-order chi connectivity index (χ1) is 11.0. The Balaban J connectivity index is 3.49. The molecule has 0 amide bonds. The maximum Gasteiger partial charge on any atom is 0.304 e. The molecule has 0 saturated carbocycles. The Labute approximate surface area is 151 Å². The molecule has 1 rings (SSSR count). The van der Waals surface area contributed by atoms with Crippen molar-refractivity contribution in [2.75, 3.05) is 0 Å². The third-order valence-electron chi connectivity index (χ3n) is 6.03. The van der Waals surface area contributed by atoms with Gasteiger partial charge in [0.25, 0.3) is 0 Å². The van der Waals surface area contributed by atoms with E-state index in [1.165, 1.54) is 5.56 Å². The summed E-state index contributed by atoms with van der Waals surface area (Å²) in [6.45, 7) is 18.0. The van der Waals surface area contributed by atoms with Crippen molar-refractivity contribution >= 4 is 6.92 Å². The van der Waals surface area contributed by atoms with Gasteiger partial charge >= 0.3 is 6.92 Å². The van der Waals surface area contributed by atoms with Gasteiger partial charge in [-0.1, -0.05) is 111 Å². The molecule has 1 atom stereocenters. The molecule has 2 heteroatoms.